The number of carbonyl (C=O) groups is 1. The first-order valence-electron chi connectivity index (χ1n) is 13.1. The highest BCUT2D eigenvalue weighted by molar-refractivity contribution is 7.47. The number of hydrogen-bond acceptors (Lipinski definition) is 6. The van der Waals surface area contributed by atoms with Crippen molar-refractivity contribution in [2.24, 2.45) is 25.9 Å². The van der Waals surface area contributed by atoms with E-state index in [-0.39, 0.29) is 5.97 Å². The fourth-order valence-corrected chi connectivity index (χ4v) is 2.40. The van der Waals surface area contributed by atoms with Crippen molar-refractivity contribution < 1.29 is 33.0 Å². The number of nitrogens with zero attached hydrogens (tertiary/aromatic N) is 2. The van der Waals surface area contributed by atoms with E-state index in [2.05, 4.69) is 83.7 Å². The molecule has 0 unspecified atom stereocenters. The first kappa shape index (κ1) is 35.9. The Morgan fingerprint density at radius 1 is 0.846 bits per heavy atom. The van der Waals surface area contributed by atoms with E-state index in [0.29, 0.717) is 24.5 Å². The number of unbranched alkanes of at least 4 members (excludes halogenated alkanes) is 1. The van der Waals surface area contributed by atoms with E-state index >= 15 is 0 Å². The summed E-state index contributed by atoms with van der Waals surface area (Å²) in [6.07, 6.45) is 10.2. The molecule has 2 heterocycles. The number of carbonyl (C=O) groups excluding carboxylic acids is 1. The molecule has 0 fully saturated rings. The van der Waals surface area contributed by atoms with Crippen molar-refractivity contribution >= 4 is 19.3 Å². The van der Waals surface area contributed by atoms with Crippen LogP contribution in [-0.4, -0.2) is 19.2 Å². The Hall–Kier alpha value is -3.06. The zero-order chi connectivity index (χ0) is 30.0. The molecule has 3 aromatic rings. The highest BCUT2D eigenvalue weighted by Crippen LogP contribution is 2.15. The third-order valence-corrected chi connectivity index (χ3v) is 5.50. The predicted molar refractivity (Wildman–Crippen MR) is 153 cm³/mol. The summed E-state index contributed by atoms with van der Waals surface area (Å²) in [7, 11) is -0.0937. The molecule has 0 saturated heterocycles. The van der Waals surface area contributed by atoms with Crippen LogP contribution in [0.5, 0.6) is 0 Å². The molecule has 0 radical (unpaired) electrons. The van der Waals surface area contributed by atoms with Crippen molar-refractivity contribution in [3.8, 4) is 11.1 Å². The number of hydrogen-bond donors (Lipinski definition) is 1. The van der Waals surface area contributed by atoms with Crippen LogP contribution in [0.4, 0.5) is 5.69 Å². The van der Waals surface area contributed by atoms with Gasteiger partial charge < -0.3 is 24.8 Å². The van der Waals surface area contributed by atoms with E-state index in [1.165, 1.54) is 11.1 Å². The summed E-state index contributed by atoms with van der Waals surface area (Å²) in [6.45, 7) is 12.1. The van der Waals surface area contributed by atoms with Gasteiger partial charge >= 0.3 is 5.97 Å². The smallest absolute Gasteiger partial charge is 0.338 e. The third-order valence-electron chi connectivity index (χ3n) is 5.50. The Morgan fingerprint density at radius 2 is 1.21 bits per heavy atom. The summed E-state index contributed by atoms with van der Waals surface area (Å²) in [5.74, 6) is 1.42. The molecular weight excluding hydrogens is 513 g/mol. The van der Waals surface area contributed by atoms with Gasteiger partial charge in [0.25, 0.3) is 0 Å². The van der Waals surface area contributed by atoms with Crippen LogP contribution < -0.4 is 24.7 Å². The third kappa shape index (κ3) is 19.6. The van der Waals surface area contributed by atoms with Gasteiger partial charge in [-0.15, -0.1) is 0 Å². The lowest BCUT2D eigenvalue weighted by Gasteiger charge is -2.22. The topological polar surface area (TPSA) is 123 Å². The molecule has 1 aromatic carbocycles. The van der Waals surface area contributed by atoms with Crippen molar-refractivity contribution in [2.75, 3.05) is 19.0 Å². The van der Waals surface area contributed by atoms with E-state index in [0.717, 1.165) is 24.7 Å². The average molecular weight is 560 g/mol. The Balaban J connectivity index is 0.000000543. The Bertz CT molecular complexity index is 1050. The Labute approximate surface area is 234 Å². The number of aromatic nitrogens is 2. The molecule has 216 valence electrons. The summed E-state index contributed by atoms with van der Waals surface area (Å²) in [4.78, 5) is 29.6. The molecule has 0 aliphatic heterocycles. The number of aryl methyl sites for hydroxylation is 2. The minimum atomic E-state index is -4.14. The maximum Gasteiger partial charge on any atom is 0.338 e. The van der Waals surface area contributed by atoms with Gasteiger partial charge in [0.1, 0.15) is 14.1 Å². The van der Waals surface area contributed by atoms with E-state index in [1.807, 2.05) is 23.2 Å². The lowest BCUT2D eigenvalue weighted by Crippen LogP contribution is -2.26. The van der Waals surface area contributed by atoms with Crippen LogP contribution in [-0.2, 0) is 23.4 Å². The molecule has 39 heavy (non-hydrogen) atoms. The summed E-state index contributed by atoms with van der Waals surface area (Å²) in [6, 6.07) is 15.2. The number of rotatable bonds is 6. The number of ether oxygens (including phenoxy) is 1. The molecule has 0 aliphatic carbocycles. The molecule has 0 saturated carbocycles. The molecule has 0 spiro atoms. The van der Waals surface area contributed by atoms with E-state index < -0.39 is 7.60 Å². The molecule has 0 bridgehead atoms. The van der Waals surface area contributed by atoms with Gasteiger partial charge in [-0.3, -0.25) is 0 Å². The average Bonchev–Trinajstić information content (AvgIpc) is 2.85. The Kier molecular flexibility index (Phi) is 17.6. The van der Waals surface area contributed by atoms with Crippen LogP contribution in [0, 0.1) is 11.8 Å². The monoisotopic (exact) mass is 559 g/mol. The van der Waals surface area contributed by atoms with Gasteiger partial charge in [-0.25, -0.2) is 13.9 Å². The molecule has 8 nitrogen and oxygen atoms in total. The van der Waals surface area contributed by atoms with Gasteiger partial charge in [-0.1, -0.05) is 48.6 Å². The van der Waals surface area contributed by atoms with Crippen LogP contribution in [0.2, 0.25) is 0 Å². The molecule has 2 N–H and O–H groups in total. The number of benzene rings is 1. The predicted octanol–water partition coefficient (Wildman–Crippen LogP) is 4.06. The fraction of sp³-hybridized carbons (Fsp3) is 0.433. The van der Waals surface area contributed by atoms with Gasteiger partial charge in [-0.05, 0) is 60.3 Å². The summed E-state index contributed by atoms with van der Waals surface area (Å²) in [5.41, 5.74) is 9.20. The fourth-order valence-electron chi connectivity index (χ4n) is 2.40. The minimum Gasteiger partial charge on any atom is -0.811 e. The van der Waals surface area contributed by atoms with Gasteiger partial charge in [0, 0.05) is 30.0 Å². The first-order chi connectivity index (χ1) is 18.1. The SMILES string of the molecule is CC(C)C(C)C.CCCCOC(=O)c1ccc(N)cc1.CP(=O)([O-])[O-].C[n+]1ccc(-c2cc[n+](C)cc2)cc1. The van der Waals surface area contributed by atoms with Crippen molar-refractivity contribution in [3.05, 3.63) is 78.9 Å². The lowest BCUT2D eigenvalue weighted by atomic mass is 10.0. The summed E-state index contributed by atoms with van der Waals surface area (Å²) >= 11 is 0. The molecule has 0 amide bonds. The minimum absolute atomic E-state index is 0.279. The first-order valence-corrected chi connectivity index (χ1v) is 15.1. The molecular formula is C30H46N3O5P. The highest BCUT2D eigenvalue weighted by atomic mass is 31.2. The lowest BCUT2D eigenvalue weighted by molar-refractivity contribution is -0.671. The van der Waals surface area contributed by atoms with Crippen molar-refractivity contribution in [3.63, 3.8) is 0 Å². The van der Waals surface area contributed by atoms with Gasteiger partial charge in [0.05, 0.1) is 12.2 Å². The van der Waals surface area contributed by atoms with E-state index in [4.69, 9.17) is 24.8 Å². The zero-order valence-corrected chi connectivity index (χ0v) is 25.6. The van der Waals surface area contributed by atoms with Crippen LogP contribution in [0.1, 0.15) is 57.8 Å². The number of anilines is 1. The maximum atomic E-state index is 11.4. The quantitative estimate of drug-likeness (QED) is 0.160. The largest absolute Gasteiger partial charge is 0.811 e. The van der Waals surface area contributed by atoms with E-state index in [9.17, 15) is 4.79 Å². The standard InChI is InChI=1S/C12H14N2.C11H15NO2.C6H14.CH5O3P/c1-13-7-3-11(4-8-13)12-5-9-14(2)10-6-12;1-2-3-8-14-11(13)9-4-6-10(12)7-5-9;1-5(2)6(3)4;1-5(2,3)4/h3-10H,1-2H3;4-7H,2-3,8,12H2,1H3;5-6H,1-4H3;1H3,(H2,2,3,4)/q+2;;;/p-2. The number of nitrogens with two attached hydrogens (primary N) is 1. The molecule has 0 atom stereocenters. The molecule has 9 heteroatoms. The van der Waals surface area contributed by atoms with Gasteiger partial charge in [0.15, 0.2) is 24.8 Å². The number of esters is 1. The molecule has 3 rings (SSSR count). The Morgan fingerprint density at radius 3 is 1.51 bits per heavy atom. The van der Waals surface area contributed by atoms with Crippen molar-refractivity contribution in [1.82, 2.24) is 0 Å². The summed E-state index contributed by atoms with van der Waals surface area (Å²) in [5, 5.41) is 0. The summed E-state index contributed by atoms with van der Waals surface area (Å²) < 4.78 is 18.2. The second kappa shape index (κ2) is 19.1. The van der Waals surface area contributed by atoms with Crippen LogP contribution in [0.25, 0.3) is 11.1 Å². The zero-order valence-electron chi connectivity index (χ0n) is 24.7. The number of pyridine rings is 2. The normalized spacial score (nSPS) is 10.4. The van der Waals surface area contributed by atoms with Gasteiger partial charge in [-0.2, -0.15) is 0 Å². The second-order valence-electron chi connectivity index (χ2n) is 9.88. The van der Waals surface area contributed by atoms with Crippen LogP contribution in [0.15, 0.2) is 73.3 Å². The maximum absolute atomic E-state index is 11.4. The van der Waals surface area contributed by atoms with Crippen LogP contribution >= 0.6 is 7.60 Å². The van der Waals surface area contributed by atoms with Crippen molar-refractivity contribution in [2.45, 2.75) is 47.5 Å². The molecule has 2 aromatic heterocycles. The van der Waals surface area contributed by atoms with E-state index in [1.54, 1.807) is 24.3 Å². The van der Waals surface area contributed by atoms with Crippen molar-refractivity contribution in [1.29, 1.82) is 0 Å². The van der Waals surface area contributed by atoms with Gasteiger partial charge in [0.2, 0.25) is 0 Å². The van der Waals surface area contributed by atoms with Crippen LogP contribution in [0.3, 0.4) is 0 Å². The second-order valence-corrected chi connectivity index (χ2v) is 11.4. The highest BCUT2D eigenvalue weighted by Gasteiger charge is 2.05. The number of nitrogen functional groups attached to an aromatic ring is 1. The molecule has 0 aliphatic rings.